The number of aromatic nitrogens is 1. The molecule has 2 aromatic rings. The Labute approximate surface area is 140 Å². The molecule has 1 aliphatic carbocycles. The SMILES string of the molecule is CCN=c1scc(-c2cccs2)n1N=C1CCC(CC)CC1. The van der Waals surface area contributed by atoms with Crippen molar-refractivity contribution < 1.29 is 0 Å². The highest BCUT2D eigenvalue weighted by Crippen LogP contribution is 2.27. The minimum Gasteiger partial charge on any atom is -0.258 e. The van der Waals surface area contributed by atoms with Gasteiger partial charge in [-0.15, -0.1) is 22.7 Å². The smallest absolute Gasteiger partial charge is 0.206 e. The number of nitrogens with zero attached hydrogens (tertiary/aromatic N) is 3. The summed E-state index contributed by atoms with van der Waals surface area (Å²) < 4.78 is 2.07. The molecule has 3 rings (SSSR count). The van der Waals surface area contributed by atoms with Gasteiger partial charge < -0.3 is 0 Å². The lowest BCUT2D eigenvalue weighted by atomic mass is 9.86. The maximum atomic E-state index is 4.98. The number of thiophene rings is 1. The van der Waals surface area contributed by atoms with Gasteiger partial charge in [0.2, 0.25) is 4.80 Å². The fraction of sp³-hybridized carbons (Fsp3) is 0.529. The summed E-state index contributed by atoms with van der Waals surface area (Å²) in [4.78, 5) is 6.89. The van der Waals surface area contributed by atoms with Crippen LogP contribution in [-0.2, 0) is 0 Å². The van der Waals surface area contributed by atoms with Crippen LogP contribution in [-0.4, -0.2) is 16.9 Å². The van der Waals surface area contributed by atoms with Crippen molar-refractivity contribution in [3.05, 3.63) is 27.7 Å². The zero-order valence-electron chi connectivity index (χ0n) is 13.3. The first-order valence-corrected chi connectivity index (χ1v) is 9.89. The average molecular weight is 334 g/mol. The minimum atomic E-state index is 0.799. The number of thiazole rings is 1. The summed E-state index contributed by atoms with van der Waals surface area (Å²) in [7, 11) is 0. The molecule has 1 aliphatic rings. The van der Waals surface area contributed by atoms with Crippen LogP contribution in [0.25, 0.3) is 10.6 Å². The third kappa shape index (κ3) is 3.41. The fourth-order valence-corrected chi connectivity index (χ4v) is 4.58. The first kappa shape index (κ1) is 15.7. The topological polar surface area (TPSA) is 29.6 Å². The summed E-state index contributed by atoms with van der Waals surface area (Å²) >= 11 is 3.45. The molecule has 0 saturated heterocycles. The molecule has 1 fully saturated rings. The van der Waals surface area contributed by atoms with Crippen molar-refractivity contribution in [3.63, 3.8) is 0 Å². The van der Waals surface area contributed by atoms with Crippen LogP contribution in [0.2, 0.25) is 0 Å². The molecule has 0 aromatic carbocycles. The van der Waals surface area contributed by atoms with Gasteiger partial charge in [-0.1, -0.05) is 19.4 Å². The highest BCUT2D eigenvalue weighted by Gasteiger charge is 2.17. The van der Waals surface area contributed by atoms with Crippen molar-refractivity contribution in [2.45, 2.75) is 46.0 Å². The molecule has 0 N–H and O–H groups in total. The molecule has 0 radical (unpaired) electrons. The number of hydrogen-bond donors (Lipinski definition) is 0. The van der Waals surface area contributed by atoms with Crippen molar-refractivity contribution in [2.75, 3.05) is 6.54 Å². The van der Waals surface area contributed by atoms with Gasteiger partial charge in [-0.25, -0.2) is 4.68 Å². The van der Waals surface area contributed by atoms with Crippen molar-refractivity contribution >= 4 is 28.4 Å². The maximum Gasteiger partial charge on any atom is 0.206 e. The molecular weight excluding hydrogens is 310 g/mol. The lowest BCUT2D eigenvalue weighted by molar-refractivity contribution is 0.428. The summed E-state index contributed by atoms with van der Waals surface area (Å²) in [6, 6.07) is 4.26. The van der Waals surface area contributed by atoms with Gasteiger partial charge in [-0.2, -0.15) is 5.10 Å². The van der Waals surface area contributed by atoms with Crippen molar-refractivity contribution in [1.29, 1.82) is 0 Å². The Morgan fingerprint density at radius 1 is 1.23 bits per heavy atom. The molecule has 0 bridgehead atoms. The monoisotopic (exact) mass is 333 g/mol. The van der Waals surface area contributed by atoms with Gasteiger partial charge in [0.05, 0.1) is 10.6 Å². The van der Waals surface area contributed by atoms with Crippen LogP contribution in [0.5, 0.6) is 0 Å². The van der Waals surface area contributed by atoms with Crippen molar-refractivity contribution in [3.8, 4) is 10.6 Å². The van der Waals surface area contributed by atoms with E-state index in [2.05, 4.69) is 46.4 Å². The number of hydrogen-bond acceptors (Lipinski definition) is 4. The lowest BCUT2D eigenvalue weighted by Crippen LogP contribution is -2.18. The van der Waals surface area contributed by atoms with E-state index in [0.29, 0.717) is 0 Å². The highest BCUT2D eigenvalue weighted by atomic mass is 32.1. The third-order valence-corrected chi connectivity index (χ3v) is 6.00. The molecule has 0 amide bonds. The van der Waals surface area contributed by atoms with Gasteiger partial charge in [0.25, 0.3) is 0 Å². The van der Waals surface area contributed by atoms with E-state index in [1.807, 2.05) is 0 Å². The maximum absolute atomic E-state index is 4.98. The summed E-state index contributed by atoms with van der Waals surface area (Å²) in [6.45, 7) is 5.18. The van der Waals surface area contributed by atoms with Crippen LogP contribution in [0.3, 0.4) is 0 Å². The van der Waals surface area contributed by atoms with Gasteiger partial charge in [-0.05, 0) is 50.0 Å². The molecule has 5 heteroatoms. The Hall–Kier alpha value is -1.20. The van der Waals surface area contributed by atoms with E-state index in [-0.39, 0.29) is 0 Å². The van der Waals surface area contributed by atoms with Crippen LogP contribution in [0.1, 0.15) is 46.0 Å². The normalized spacial score (nSPS) is 19.6. The second kappa shape index (κ2) is 7.38. The first-order chi connectivity index (χ1) is 10.8. The van der Waals surface area contributed by atoms with Crippen LogP contribution < -0.4 is 4.80 Å². The van der Waals surface area contributed by atoms with E-state index >= 15 is 0 Å². The van der Waals surface area contributed by atoms with Crippen molar-refractivity contribution in [2.24, 2.45) is 16.0 Å². The van der Waals surface area contributed by atoms with Crippen LogP contribution in [0.4, 0.5) is 0 Å². The van der Waals surface area contributed by atoms with E-state index in [1.165, 1.54) is 35.5 Å². The molecule has 1 saturated carbocycles. The Morgan fingerprint density at radius 2 is 2.05 bits per heavy atom. The Bertz CT molecular complexity index is 682. The predicted octanol–water partition coefficient (Wildman–Crippen LogP) is 5.00. The first-order valence-electron chi connectivity index (χ1n) is 8.13. The standard InChI is InChI=1S/C17H23N3S2/c1-3-13-7-9-14(10-8-13)19-20-15(16-6-5-11-21-16)12-22-17(20)18-4-2/h5-6,11-13H,3-4,7-10H2,1-2H3. The summed E-state index contributed by atoms with van der Waals surface area (Å²) in [6.07, 6.45) is 6.15. The van der Waals surface area contributed by atoms with Gasteiger partial charge in [0.1, 0.15) is 0 Å². The molecular formula is C17H23N3S2. The number of rotatable bonds is 4. The van der Waals surface area contributed by atoms with Crippen LogP contribution >= 0.6 is 22.7 Å². The molecule has 0 atom stereocenters. The third-order valence-electron chi connectivity index (χ3n) is 4.25. The minimum absolute atomic E-state index is 0.799. The lowest BCUT2D eigenvalue weighted by Gasteiger charge is -2.21. The Morgan fingerprint density at radius 3 is 2.68 bits per heavy atom. The Kier molecular flexibility index (Phi) is 5.26. The van der Waals surface area contributed by atoms with E-state index in [9.17, 15) is 0 Å². The quantitative estimate of drug-likeness (QED) is 0.753. The van der Waals surface area contributed by atoms with Crippen LogP contribution in [0, 0.1) is 5.92 Å². The second-order valence-corrected chi connectivity index (χ2v) is 7.47. The van der Waals surface area contributed by atoms with Gasteiger partial charge in [-0.3, -0.25) is 4.99 Å². The zero-order valence-corrected chi connectivity index (χ0v) is 14.9. The van der Waals surface area contributed by atoms with Gasteiger partial charge in [0.15, 0.2) is 0 Å². The van der Waals surface area contributed by atoms with E-state index < -0.39 is 0 Å². The molecule has 2 heterocycles. The van der Waals surface area contributed by atoms with E-state index in [1.54, 1.807) is 22.7 Å². The molecule has 0 unspecified atom stereocenters. The zero-order chi connectivity index (χ0) is 15.4. The highest BCUT2D eigenvalue weighted by molar-refractivity contribution is 7.14. The molecule has 0 aliphatic heterocycles. The molecule has 3 nitrogen and oxygen atoms in total. The van der Waals surface area contributed by atoms with E-state index in [4.69, 9.17) is 5.10 Å². The molecule has 118 valence electrons. The molecule has 22 heavy (non-hydrogen) atoms. The molecule has 2 aromatic heterocycles. The largest absolute Gasteiger partial charge is 0.258 e. The van der Waals surface area contributed by atoms with Crippen LogP contribution in [0.15, 0.2) is 33.0 Å². The van der Waals surface area contributed by atoms with Gasteiger partial charge >= 0.3 is 0 Å². The summed E-state index contributed by atoms with van der Waals surface area (Å²) in [5.74, 6) is 0.892. The summed E-state index contributed by atoms with van der Waals surface area (Å²) in [5.41, 5.74) is 2.51. The van der Waals surface area contributed by atoms with E-state index in [0.717, 1.165) is 30.1 Å². The average Bonchev–Trinajstić information content (AvgIpc) is 3.19. The Balaban J connectivity index is 1.95. The van der Waals surface area contributed by atoms with Gasteiger partial charge in [0, 0.05) is 17.6 Å². The van der Waals surface area contributed by atoms with Crippen molar-refractivity contribution in [1.82, 2.24) is 4.68 Å². The predicted molar refractivity (Wildman–Crippen MR) is 96.8 cm³/mol. The summed E-state index contributed by atoms with van der Waals surface area (Å²) in [5, 5.41) is 9.28. The fourth-order valence-electron chi connectivity index (χ4n) is 2.89. The molecule has 0 spiro atoms. The second-order valence-electron chi connectivity index (χ2n) is 5.68.